The van der Waals surface area contributed by atoms with Gasteiger partial charge in [0.2, 0.25) is 0 Å². The van der Waals surface area contributed by atoms with E-state index < -0.39 is 0 Å². The molecule has 0 aliphatic carbocycles. The van der Waals surface area contributed by atoms with Gasteiger partial charge in [-0.2, -0.15) is 11.8 Å². The molecule has 0 aliphatic rings. The first-order valence-electron chi connectivity index (χ1n) is 6.17. The molecule has 0 aromatic carbocycles. The number of nitrogens with zero attached hydrogens (tertiary/aromatic N) is 1. The molecule has 1 atom stereocenters. The SMILES string of the molecule is CCNc1ccncc1C(=O)NCCC(C)SC. The number of carbonyl (C=O) groups is 1. The van der Waals surface area contributed by atoms with Crippen LogP contribution in [0.1, 0.15) is 30.6 Å². The maximum atomic E-state index is 12.0. The molecule has 0 radical (unpaired) electrons. The highest BCUT2D eigenvalue weighted by atomic mass is 32.2. The standard InChI is InChI=1S/C13H21N3OS/c1-4-15-12-6-7-14-9-11(12)13(17)16-8-5-10(2)18-3/h6-7,9-10H,4-5,8H2,1-3H3,(H,14,15)(H,16,17). The number of thioether (sulfide) groups is 1. The van der Waals surface area contributed by atoms with Gasteiger partial charge in [0.25, 0.3) is 5.91 Å². The molecule has 1 aromatic rings. The number of rotatable bonds is 7. The lowest BCUT2D eigenvalue weighted by Crippen LogP contribution is -2.27. The van der Waals surface area contributed by atoms with Crippen LogP contribution in [0.25, 0.3) is 0 Å². The zero-order valence-corrected chi connectivity index (χ0v) is 12.0. The van der Waals surface area contributed by atoms with E-state index in [2.05, 4.69) is 28.8 Å². The number of nitrogens with one attached hydrogen (secondary N) is 2. The van der Waals surface area contributed by atoms with Crippen LogP contribution in [-0.2, 0) is 0 Å². The number of aromatic nitrogens is 1. The van der Waals surface area contributed by atoms with Crippen LogP contribution in [-0.4, -0.2) is 35.5 Å². The normalized spacial score (nSPS) is 11.9. The molecule has 0 saturated heterocycles. The van der Waals surface area contributed by atoms with Crippen molar-refractivity contribution in [2.24, 2.45) is 0 Å². The van der Waals surface area contributed by atoms with Gasteiger partial charge in [-0.3, -0.25) is 9.78 Å². The van der Waals surface area contributed by atoms with Crippen molar-refractivity contribution in [3.63, 3.8) is 0 Å². The summed E-state index contributed by atoms with van der Waals surface area (Å²) in [5, 5.41) is 6.66. The Kier molecular flexibility index (Phi) is 6.57. The molecule has 1 amide bonds. The van der Waals surface area contributed by atoms with Crippen molar-refractivity contribution in [3.05, 3.63) is 24.0 Å². The first kappa shape index (κ1) is 14.8. The van der Waals surface area contributed by atoms with Gasteiger partial charge in [-0.1, -0.05) is 6.92 Å². The summed E-state index contributed by atoms with van der Waals surface area (Å²) in [5.74, 6) is -0.0626. The fraction of sp³-hybridized carbons (Fsp3) is 0.538. The first-order valence-corrected chi connectivity index (χ1v) is 7.46. The topological polar surface area (TPSA) is 54.0 Å². The van der Waals surface area contributed by atoms with Crippen LogP contribution in [0.4, 0.5) is 5.69 Å². The lowest BCUT2D eigenvalue weighted by molar-refractivity contribution is 0.0954. The van der Waals surface area contributed by atoms with Crippen LogP contribution in [0.15, 0.2) is 18.5 Å². The predicted molar refractivity (Wildman–Crippen MR) is 78.3 cm³/mol. The van der Waals surface area contributed by atoms with Gasteiger partial charge in [-0.05, 0) is 25.7 Å². The van der Waals surface area contributed by atoms with Crippen molar-refractivity contribution < 1.29 is 4.79 Å². The summed E-state index contributed by atoms with van der Waals surface area (Å²) in [7, 11) is 0. The maximum Gasteiger partial charge on any atom is 0.254 e. The van der Waals surface area contributed by atoms with E-state index in [-0.39, 0.29) is 5.91 Å². The molecule has 0 bridgehead atoms. The molecule has 1 rings (SSSR count). The van der Waals surface area contributed by atoms with Crippen LogP contribution in [0.5, 0.6) is 0 Å². The molecule has 100 valence electrons. The third-order valence-corrected chi connectivity index (χ3v) is 3.71. The Balaban J connectivity index is 2.55. The number of carbonyl (C=O) groups excluding carboxylic acids is 1. The van der Waals surface area contributed by atoms with Crippen molar-refractivity contribution in [2.75, 3.05) is 24.7 Å². The first-order chi connectivity index (χ1) is 8.69. The summed E-state index contributed by atoms with van der Waals surface area (Å²) >= 11 is 1.81. The van der Waals surface area contributed by atoms with E-state index in [9.17, 15) is 4.79 Å². The van der Waals surface area contributed by atoms with Crippen LogP contribution < -0.4 is 10.6 Å². The summed E-state index contributed by atoms with van der Waals surface area (Å²) in [6, 6.07) is 1.82. The molecule has 18 heavy (non-hydrogen) atoms. The van der Waals surface area contributed by atoms with Gasteiger partial charge in [-0.25, -0.2) is 0 Å². The summed E-state index contributed by atoms with van der Waals surface area (Å²) < 4.78 is 0. The second kappa shape index (κ2) is 7.97. The summed E-state index contributed by atoms with van der Waals surface area (Å²) in [4.78, 5) is 16.0. The van der Waals surface area contributed by atoms with E-state index in [1.54, 1.807) is 12.4 Å². The van der Waals surface area contributed by atoms with Gasteiger partial charge >= 0.3 is 0 Å². The molecule has 1 aromatic heterocycles. The third-order valence-electron chi connectivity index (χ3n) is 2.67. The summed E-state index contributed by atoms with van der Waals surface area (Å²) in [6.07, 6.45) is 6.34. The maximum absolute atomic E-state index is 12.0. The molecule has 1 heterocycles. The molecule has 1 unspecified atom stereocenters. The minimum absolute atomic E-state index is 0.0626. The number of hydrogen-bond acceptors (Lipinski definition) is 4. The van der Waals surface area contributed by atoms with Gasteiger partial charge in [-0.15, -0.1) is 0 Å². The number of hydrogen-bond donors (Lipinski definition) is 2. The molecule has 0 fully saturated rings. The van der Waals surface area contributed by atoms with E-state index >= 15 is 0 Å². The highest BCUT2D eigenvalue weighted by Gasteiger charge is 2.10. The van der Waals surface area contributed by atoms with Gasteiger partial charge in [0, 0.05) is 30.7 Å². The molecule has 0 spiro atoms. The van der Waals surface area contributed by atoms with E-state index in [4.69, 9.17) is 0 Å². The van der Waals surface area contributed by atoms with Crippen molar-refractivity contribution in [1.82, 2.24) is 10.3 Å². The van der Waals surface area contributed by atoms with Gasteiger partial charge in [0.05, 0.1) is 11.3 Å². The van der Waals surface area contributed by atoms with Crippen molar-refractivity contribution in [3.8, 4) is 0 Å². The Morgan fingerprint density at radius 3 is 3.00 bits per heavy atom. The Hall–Kier alpha value is -1.23. The predicted octanol–water partition coefficient (Wildman–Crippen LogP) is 2.38. The zero-order valence-electron chi connectivity index (χ0n) is 11.2. The third kappa shape index (κ3) is 4.56. The number of pyridine rings is 1. The van der Waals surface area contributed by atoms with Crippen molar-refractivity contribution in [2.45, 2.75) is 25.5 Å². The average molecular weight is 267 g/mol. The quantitative estimate of drug-likeness (QED) is 0.796. The molecular weight excluding hydrogens is 246 g/mol. The molecule has 2 N–H and O–H groups in total. The highest BCUT2D eigenvalue weighted by Crippen LogP contribution is 2.13. The smallest absolute Gasteiger partial charge is 0.254 e. The molecule has 4 nitrogen and oxygen atoms in total. The van der Waals surface area contributed by atoms with E-state index in [0.717, 1.165) is 18.7 Å². The second-order valence-corrected chi connectivity index (χ2v) is 5.32. The molecule has 5 heteroatoms. The van der Waals surface area contributed by atoms with Crippen LogP contribution in [0.3, 0.4) is 0 Å². The Labute approximate surface area is 113 Å². The van der Waals surface area contributed by atoms with E-state index in [0.29, 0.717) is 17.4 Å². The van der Waals surface area contributed by atoms with E-state index in [1.807, 2.05) is 24.8 Å². The van der Waals surface area contributed by atoms with Crippen LogP contribution in [0, 0.1) is 0 Å². The minimum Gasteiger partial charge on any atom is -0.385 e. The van der Waals surface area contributed by atoms with Gasteiger partial charge in [0.15, 0.2) is 0 Å². The molecular formula is C13H21N3OS. The van der Waals surface area contributed by atoms with Gasteiger partial charge in [0.1, 0.15) is 0 Å². The van der Waals surface area contributed by atoms with Gasteiger partial charge < -0.3 is 10.6 Å². The van der Waals surface area contributed by atoms with Crippen molar-refractivity contribution in [1.29, 1.82) is 0 Å². The van der Waals surface area contributed by atoms with E-state index in [1.165, 1.54) is 0 Å². The Morgan fingerprint density at radius 2 is 2.33 bits per heavy atom. The number of amides is 1. The fourth-order valence-electron chi connectivity index (χ4n) is 1.52. The average Bonchev–Trinajstić information content (AvgIpc) is 2.39. The van der Waals surface area contributed by atoms with Crippen LogP contribution in [0.2, 0.25) is 0 Å². The Morgan fingerprint density at radius 1 is 1.56 bits per heavy atom. The summed E-state index contributed by atoms with van der Waals surface area (Å²) in [6.45, 7) is 5.64. The summed E-state index contributed by atoms with van der Waals surface area (Å²) in [5.41, 5.74) is 1.44. The van der Waals surface area contributed by atoms with Crippen LogP contribution >= 0.6 is 11.8 Å². The monoisotopic (exact) mass is 267 g/mol. The largest absolute Gasteiger partial charge is 0.385 e. The minimum atomic E-state index is -0.0626. The molecule has 0 saturated carbocycles. The highest BCUT2D eigenvalue weighted by molar-refractivity contribution is 7.99. The van der Waals surface area contributed by atoms with Crippen molar-refractivity contribution >= 4 is 23.4 Å². The zero-order chi connectivity index (χ0) is 13.4. The molecule has 0 aliphatic heterocycles. The second-order valence-electron chi connectivity index (χ2n) is 4.04. The fourth-order valence-corrected chi connectivity index (χ4v) is 1.88. The lowest BCUT2D eigenvalue weighted by atomic mass is 10.2. The lowest BCUT2D eigenvalue weighted by Gasteiger charge is -2.12. The number of anilines is 1. The Bertz CT molecular complexity index is 384.